The lowest BCUT2D eigenvalue weighted by Gasteiger charge is -2.27. The molecule has 21 heavy (non-hydrogen) atoms. The zero-order valence-electron chi connectivity index (χ0n) is 11.7. The normalized spacial score (nSPS) is 18.6. The molecule has 2 rings (SSSR count). The number of carbonyl (C=O) groups is 1. The molecule has 0 radical (unpaired) electrons. The first-order chi connectivity index (χ1) is 9.50. The van der Waals surface area contributed by atoms with E-state index in [0.29, 0.717) is 0 Å². The molecule has 7 heteroatoms. The molecule has 1 aromatic carbocycles. The predicted molar refractivity (Wildman–Crippen MR) is 81.2 cm³/mol. The van der Waals surface area contributed by atoms with Crippen LogP contribution < -0.4 is 5.32 Å². The maximum atomic E-state index is 13.8. The van der Waals surface area contributed by atoms with E-state index in [2.05, 4.69) is 5.32 Å². The summed E-state index contributed by atoms with van der Waals surface area (Å²) in [6.45, 7) is 1.74. The number of benzene rings is 1. The Bertz CT molecular complexity index is 506. The smallest absolute Gasteiger partial charge is 0.256 e. The van der Waals surface area contributed by atoms with Crippen molar-refractivity contribution in [1.29, 1.82) is 0 Å². The highest BCUT2D eigenvalue weighted by Crippen LogP contribution is 2.22. The van der Waals surface area contributed by atoms with Gasteiger partial charge >= 0.3 is 0 Å². The van der Waals surface area contributed by atoms with Gasteiger partial charge in [0.25, 0.3) is 5.91 Å². The van der Waals surface area contributed by atoms with Gasteiger partial charge in [-0.05, 0) is 44.5 Å². The Labute approximate surface area is 134 Å². The number of halogens is 4. The van der Waals surface area contributed by atoms with Gasteiger partial charge in [0, 0.05) is 13.1 Å². The first-order valence-corrected chi connectivity index (χ1v) is 7.01. The van der Waals surface area contributed by atoms with Crippen LogP contribution in [0.15, 0.2) is 12.1 Å². The third-order valence-electron chi connectivity index (χ3n) is 3.65. The number of amides is 1. The molecular formula is C14H18Cl2F2N2O. The van der Waals surface area contributed by atoms with Crippen molar-refractivity contribution in [1.82, 2.24) is 10.2 Å². The summed E-state index contributed by atoms with van der Waals surface area (Å²) >= 11 is 5.49. The quantitative estimate of drug-likeness (QED) is 0.839. The highest BCUT2D eigenvalue weighted by molar-refractivity contribution is 6.30. The molecule has 1 aliphatic rings. The summed E-state index contributed by atoms with van der Waals surface area (Å²) < 4.78 is 27.2. The monoisotopic (exact) mass is 338 g/mol. The Morgan fingerprint density at radius 3 is 2.71 bits per heavy atom. The van der Waals surface area contributed by atoms with Gasteiger partial charge in [-0.15, -0.1) is 12.4 Å². The Morgan fingerprint density at radius 1 is 1.29 bits per heavy atom. The average molecular weight is 339 g/mol. The van der Waals surface area contributed by atoms with E-state index >= 15 is 0 Å². The van der Waals surface area contributed by atoms with E-state index in [9.17, 15) is 13.6 Å². The number of rotatable bonds is 2. The van der Waals surface area contributed by atoms with E-state index in [1.807, 2.05) is 0 Å². The van der Waals surface area contributed by atoms with Crippen LogP contribution in [0.3, 0.4) is 0 Å². The summed E-state index contributed by atoms with van der Waals surface area (Å²) in [6, 6.07) is 1.74. The van der Waals surface area contributed by atoms with Gasteiger partial charge in [-0.2, -0.15) is 0 Å². The minimum Gasteiger partial charge on any atom is -0.339 e. The molecule has 1 atom stereocenters. The van der Waals surface area contributed by atoms with Crippen LogP contribution in [0.25, 0.3) is 0 Å². The van der Waals surface area contributed by atoms with Crippen molar-refractivity contribution in [3.8, 4) is 0 Å². The molecule has 118 valence electrons. The SMILES string of the molecule is CN(C(=O)c1cc(F)c(Cl)cc1F)C1CCCNCC1.Cl. The Kier molecular flexibility index (Phi) is 6.84. The second-order valence-corrected chi connectivity index (χ2v) is 5.40. The fraction of sp³-hybridized carbons (Fsp3) is 0.500. The van der Waals surface area contributed by atoms with Gasteiger partial charge in [0.2, 0.25) is 0 Å². The number of hydrogen-bond donors (Lipinski definition) is 1. The van der Waals surface area contributed by atoms with Gasteiger partial charge in [-0.3, -0.25) is 4.79 Å². The summed E-state index contributed by atoms with van der Waals surface area (Å²) in [5, 5.41) is 2.93. The average Bonchev–Trinajstić information content (AvgIpc) is 2.70. The van der Waals surface area contributed by atoms with E-state index in [0.717, 1.165) is 44.5 Å². The number of nitrogens with zero attached hydrogens (tertiary/aromatic N) is 1. The van der Waals surface area contributed by atoms with Gasteiger partial charge in [-0.1, -0.05) is 11.6 Å². The fourth-order valence-corrected chi connectivity index (χ4v) is 2.58. The molecule has 0 aromatic heterocycles. The van der Waals surface area contributed by atoms with Gasteiger partial charge in [0.05, 0.1) is 10.6 Å². The molecule has 1 unspecified atom stereocenters. The molecular weight excluding hydrogens is 321 g/mol. The van der Waals surface area contributed by atoms with Crippen LogP contribution in [-0.2, 0) is 0 Å². The molecule has 0 bridgehead atoms. The Hall–Kier alpha value is -0.910. The van der Waals surface area contributed by atoms with Gasteiger partial charge < -0.3 is 10.2 Å². The minimum atomic E-state index is -0.792. The first kappa shape index (κ1) is 18.1. The van der Waals surface area contributed by atoms with Crippen molar-refractivity contribution in [3.63, 3.8) is 0 Å². The minimum absolute atomic E-state index is 0. The van der Waals surface area contributed by atoms with Crippen LogP contribution in [0.2, 0.25) is 5.02 Å². The molecule has 1 amide bonds. The van der Waals surface area contributed by atoms with Crippen molar-refractivity contribution in [2.45, 2.75) is 25.3 Å². The van der Waals surface area contributed by atoms with Gasteiger partial charge in [0.1, 0.15) is 11.6 Å². The molecule has 1 N–H and O–H groups in total. The maximum Gasteiger partial charge on any atom is 0.256 e. The highest BCUT2D eigenvalue weighted by atomic mass is 35.5. The van der Waals surface area contributed by atoms with E-state index < -0.39 is 17.5 Å². The van der Waals surface area contributed by atoms with Crippen LogP contribution in [0, 0.1) is 11.6 Å². The fourth-order valence-electron chi connectivity index (χ4n) is 2.43. The number of hydrogen-bond acceptors (Lipinski definition) is 2. The maximum absolute atomic E-state index is 13.8. The lowest BCUT2D eigenvalue weighted by molar-refractivity contribution is 0.0715. The molecule has 1 aromatic rings. The van der Waals surface area contributed by atoms with Gasteiger partial charge in [0.15, 0.2) is 0 Å². The van der Waals surface area contributed by atoms with E-state index in [1.165, 1.54) is 4.90 Å². The third kappa shape index (κ3) is 4.28. The molecule has 0 spiro atoms. The summed E-state index contributed by atoms with van der Waals surface area (Å²) in [4.78, 5) is 13.8. The summed E-state index contributed by atoms with van der Waals surface area (Å²) in [7, 11) is 1.63. The largest absolute Gasteiger partial charge is 0.339 e. The van der Waals surface area contributed by atoms with Crippen LogP contribution in [0.5, 0.6) is 0 Å². The zero-order valence-corrected chi connectivity index (χ0v) is 13.2. The van der Waals surface area contributed by atoms with Crippen molar-refractivity contribution >= 4 is 29.9 Å². The predicted octanol–water partition coefficient (Wildman–Crippen LogP) is 3.25. The van der Waals surface area contributed by atoms with Crippen molar-refractivity contribution in [2.75, 3.05) is 20.1 Å². The molecule has 0 aliphatic carbocycles. The molecule has 3 nitrogen and oxygen atoms in total. The number of carbonyl (C=O) groups excluding carboxylic acids is 1. The lowest BCUT2D eigenvalue weighted by atomic mass is 10.1. The molecule has 1 fully saturated rings. The molecule has 1 aliphatic heterocycles. The summed E-state index contributed by atoms with van der Waals surface area (Å²) in [6.07, 6.45) is 2.62. The zero-order chi connectivity index (χ0) is 14.7. The van der Waals surface area contributed by atoms with Crippen molar-refractivity contribution < 1.29 is 13.6 Å². The molecule has 1 saturated heterocycles. The second-order valence-electron chi connectivity index (χ2n) is 5.00. The Balaban J connectivity index is 0.00000220. The second kappa shape index (κ2) is 7.92. The lowest BCUT2D eigenvalue weighted by Crippen LogP contribution is -2.38. The van der Waals surface area contributed by atoms with Crippen molar-refractivity contribution in [2.24, 2.45) is 0 Å². The van der Waals surface area contributed by atoms with E-state index in [1.54, 1.807) is 7.05 Å². The molecule has 0 saturated carbocycles. The Morgan fingerprint density at radius 2 is 2.00 bits per heavy atom. The molecule has 1 heterocycles. The van der Waals surface area contributed by atoms with Crippen LogP contribution in [-0.4, -0.2) is 37.0 Å². The van der Waals surface area contributed by atoms with E-state index in [4.69, 9.17) is 11.6 Å². The van der Waals surface area contributed by atoms with Crippen LogP contribution in [0.1, 0.15) is 29.6 Å². The highest BCUT2D eigenvalue weighted by Gasteiger charge is 2.25. The van der Waals surface area contributed by atoms with E-state index in [-0.39, 0.29) is 29.0 Å². The summed E-state index contributed by atoms with van der Waals surface area (Å²) in [5.41, 5.74) is -0.272. The number of nitrogens with one attached hydrogen (secondary N) is 1. The van der Waals surface area contributed by atoms with Crippen LogP contribution >= 0.6 is 24.0 Å². The van der Waals surface area contributed by atoms with Gasteiger partial charge in [-0.25, -0.2) is 8.78 Å². The van der Waals surface area contributed by atoms with Crippen molar-refractivity contribution in [3.05, 3.63) is 34.4 Å². The third-order valence-corrected chi connectivity index (χ3v) is 3.94. The summed E-state index contributed by atoms with van der Waals surface area (Å²) in [5.74, 6) is -2.09. The topological polar surface area (TPSA) is 32.3 Å². The van der Waals surface area contributed by atoms with Crippen LogP contribution in [0.4, 0.5) is 8.78 Å². The standard InChI is InChI=1S/C14H17ClF2N2O.ClH/c1-19(9-3-2-5-18-6-4-9)14(20)10-7-13(17)11(15)8-12(10)16;/h7-9,18H,2-6H2,1H3;1H. The first-order valence-electron chi connectivity index (χ1n) is 6.63.